The molecule has 1 unspecified atom stereocenters. The van der Waals surface area contributed by atoms with Crippen LogP contribution in [-0.2, 0) is 5.41 Å². The van der Waals surface area contributed by atoms with Gasteiger partial charge in [-0.25, -0.2) is 0 Å². The average Bonchev–Trinajstić information content (AvgIpc) is 3.58. The maximum absolute atomic E-state index is 6.24. The van der Waals surface area contributed by atoms with E-state index in [1.165, 1.54) is 56.8 Å². The van der Waals surface area contributed by atoms with Crippen LogP contribution < -0.4 is 10.6 Å². The molecule has 0 fully saturated rings. The summed E-state index contributed by atoms with van der Waals surface area (Å²) in [6.07, 6.45) is 6.86. The molecule has 276 valence electrons. The smallest absolute Gasteiger partial charge is 0.138 e. The predicted molar refractivity (Wildman–Crippen MR) is 236 cm³/mol. The summed E-state index contributed by atoms with van der Waals surface area (Å²) >= 11 is 0. The van der Waals surface area contributed by atoms with Gasteiger partial charge in [0.2, 0.25) is 0 Å². The van der Waals surface area contributed by atoms with E-state index in [1.54, 1.807) is 0 Å². The molecule has 0 radical (unpaired) electrons. The van der Waals surface area contributed by atoms with Gasteiger partial charge >= 0.3 is 0 Å². The molecular weight excluding hydrogens is 641 g/mol. The number of rotatable bonds is 6. The van der Waals surface area contributed by atoms with Gasteiger partial charge in [0, 0.05) is 16.2 Å². The molecule has 0 N–H and O–H groups in total. The molecule has 7 rings (SSSR count). The third kappa shape index (κ3) is 11.7. The average molecular weight is 703 g/mol. The Bertz CT molecular complexity index is 2080. The number of aryl methyl sites for hydroxylation is 1. The van der Waals surface area contributed by atoms with Crippen LogP contribution >= 0.6 is 0 Å². The summed E-state index contributed by atoms with van der Waals surface area (Å²) in [4.78, 5) is 0. The standard InChI is InChI=1S/C21H18O.C19H24.C7H8.C3H8.C2H4/c1-14(2)16-11-12-18-19-10-6-9-17(15-7-4-3-5-8-15)21(19)22-20(18)13-16;1-5-15(2)19(3,4)18-13-11-17(12-14-18)16-9-7-6-8-10-16;1-7-5-3-2-4-6-7;1-3-2;1-2/h3-5,7-8,10-13H,1,6,9H2,2H3;6-15H,5H2,1-4H3;2-6H,1H3;3H2,1-2H3;1-2H2. The van der Waals surface area contributed by atoms with E-state index in [-0.39, 0.29) is 5.41 Å². The lowest BCUT2D eigenvalue weighted by molar-refractivity contribution is 0.335. The van der Waals surface area contributed by atoms with Crippen molar-refractivity contribution >= 4 is 28.2 Å². The minimum Gasteiger partial charge on any atom is -0.456 e. The SMILES string of the molecule is C=C.C=C(C)c1ccc2c3c(oc2c1)=C(c1ccccc1)CCC=3.CCC.CCC(C)C(C)(C)c1ccc(-c2ccccc2)cc1.Cc1ccccc1. The minimum absolute atomic E-state index is 0.240. The summed E-state index contributed by atoms with van der Waals surface area (Å²) in [5.41, 5.74) is 12.3. The van der Waals surface area contributed by atoms with Gasteiger partial charge in [-0.1, -0.05) is 200 Å². The molecule has 1 nitrogen and oxygen atoms in total. The van der Waals surface area contributed by atoms with E-state index in [1.807, 2.05) is 25.1 Å². The Morgan fingerprint density at radius 2 is 1.23 bits per heavy atom. The molecule has 0 saturated carbocycles. The highest BCUT2D eigenvalue weighted by molar-refractivity contribution is 5.84. The quantitative estimate of drug-likeness (QED) is 0.158. The maximum atomic E-state index is 6.24. The Morgan fingerprint density at radius 3 is 1.72 bits per heavy atom. The zero-order valence-corrected chi connectivity index (χ0v) is 33.7. The van der Waals surface area contributed by atoms with Crippen molar-refractivity contribution in [2.45, 2.75) is 86.5 Å². The van der Waals surface area contributed by atoms with Crippen molar-refractivity contribution in [2.75, 3.05) is 0 Å². The lowest BCUT2D eigenvalue weighted by atomic mass is 9.73. The molecule has 1 heteroatoms. The molecule has 0 saturated heterocycles. The molecule has 0 spiro atoms. The first kappa shape index (κ1) is 42.3. The van der Waals surface area contributed by atoms with Crippen molar-refractivity contribution in [3.63, 3.8) is 0 Å². The second-order valence-corrected chi connectivity index (χ2v) is 14.3. The lowest BCUT2D eigenvalue weighted by Gasteiger charge is -2.32. The number of hydrogen-bond donors (Lipinski definition) is 0. The first-order valence-electron chi connectivity index (χ1n) is 19.2. The highest BCUT2D eigenvalue weighted by atomic mass is 16.3. The van der Waals surface area contributed by atoms with Crippen molar-refractivity contribution in [1.29, 1.82) is 0 Å². The van der Waals surface area contributed by atoms with Gasteiger partial charge in [-0.3, -0.25) is 0 Å². The van der Waals surface area contributed by atoms with Crippen LogP contribution in [0.4, 0.5) is 0 Å². The van der Waals surface area contributed by atoms with Gasteiger partial charge < -0.3 is 4.42 Å². The first-order chi connectivity index (χ1) is 25.6. The fourth-order valence-corrected chi connectivity index (χ4v) is 6.25. The summed E-state index contributed by atoms with van der Waals surface area (Å²) in [5, 5.41) is 2.45. The number of fused-ring (bicyclic) bond motifs is 3. The number of allylic oxidation sites excluding steroid dienone is 1. The molecule has 0 amide bonds. The van der Waals surface area contributed by atoms with E-state index in [4.69, 9.17) is 4.42 Å². The van der Waals surface area contributed by atoms with Crippen LogP contribution in [0, 0.1) is 12.8 Å². The van der Waals surface area contributed by atoms with Gasteiger partial charge in [-0.05, 0) is 78.0 Å². The largest absolute Gasteiger partial charge is 0.456 e. The van der Waals surface area contributed by atoms with E-state index in [0.29, 0.717) is 5.92 Å². The Hall–Kier alpha value is -5.14. The van der Waals surface area contributed by atoms with Crippen LogP contribution in [0.25, 0.3) is 39.3 Å². The summed E-state index contributed by atoms with van der Waals surface area (Å²) in [7, 11) is 0. The van der Waals surface area contributed by atoms with E-state index < -0.39 is 0 Å². The third-order valence-electron chi connectivity index (χ3n) is 9.88. The second-order valence-electron chi connectivity index (χ2n) is 14.3. The van der Waals surface area contributed by atoms with Crippen molar-refractivity contribution in [3.05, 3.63) is 186 Å². The van der Waals surface area contributed by atoms with E-state index in [9.17, 15) is 0 Å². The highest BCUT2D eigenvalue weighted by Crippen LogP contribution is 2.34. The Kier molecular flexibility index (Phi) is 17.1. The Morgan fingerprint density at radius 1 is 0.717 bits per heavy atom. The first-order valence-corrected chi connectivity index (χ1v) is 19.2. The van der Waals surface area contributed by atoms with Crippen LogP contribution in [0.3, 0.4) is 0 Å². The molecule has 1 aromatic heterocycles. The van der Waals surface area contributed by atoms with Gasteiger partial charge in [0.15, 0.2) is 0 Å². The summed E-state index contributed by atoms with van der Waals surface area (Å²) < 4.78 is 6.24. The monoisotopic (exact) mass is 702 g/mol. The van der Waals surface area contributed by atoms with E-state index in [0.717, 1.165) is 35.0 Å². The fourth-order valence-electron chi connectivity index (χ4n) is 6.25. The molecule has 0 bridgehead atoms. The van der Waals surface area contributed by atoms with Crippen LogP contribution in [0.5, 0.6) is 0 Å². The van der Waals surface area contributed by atoms with Crippen molar-refractivity contribution in [3.8, 4) is 11.1 Å². The molecule has 0 aliphatic heterocycles. The van der Waals surface area contributed by atoms with Crippen LogP contribution in [0.15, 0.2) is 158 Å². The van der Waals surface area contributed by atoms with Gasteiger partial charge in [0.1, 0.15) is 11.0 Å². The number of benzene rings is 5. The van der Waals surface area contributed by atoms with Crippen LogP contribution in [0.1, 0.15) is 96.4 Å². The van der Waals surface area contributed by atoms with Crippen LogP contribution in [-0.4, -0.2) is 0 Å². The molecule has 1 aliphatic carbocycles. The van der Waals surface area contributed by atoms with E-state index in [2.05, 4.69) is 190 Å². The normalized spacial score (nSPS) is 12.0. The molecule has 1 aliphatic rings. The van der Waals surface area contributed by atoms with Crippen LogP contribution in [0.2, 0.25) is 0 Å². The molecule has 5 aromatic carbocycles. The number of furan rings is 1. The van der Waals surface area contributed by atoms with Gasteiger partial charge in [-0.15, -0.1) is 13.2 Å². The summed E-state index contributed by atoms with van der Waals surface area (Å²) in [5.74, 6) is 0.690. The topological polar surface area (TPSA) is 13.1 Å². The second kappa shape index (κ2) is 21.4. The van der Waals surface area contributed by atoms with Gasteiger partial charge in [0.05, 0.1) is 0 Å². The van der Waals surface area contributed by atoms with Crippen molar-refractivity contribution in [1.82, 2.24) is 0 Å². The Balaban J connectivity index is 0.000000221. The molecule has 6 aromatic rings. The Labute approximate surface area is 321 Å². The van der Waals surface area contributed by atoms with E-state index >= 15 is 0 Å². The molecular formula is C52H62O. The fraction of sp³-hybridized carbons (Fsp3) is 0.269. The molecule has 1 atom stereocenters. The highest BCUT2D eigenvalue weighted by Gasteiger charge is 2.26. The zero-order chi connectivity index (χ0) is 38.8. The predicted octanol–water partition coefficient (Wildman–Crippen LogP) is 14.1. The maximum Gasteiger partial charge on any atom is 0.138 e. The number of hydrogen-bond acceptors (Lipinski definition) is 1. The summed E-state index contributed by atoms with van der Waals surface area (Å²) in [6.45, 7) is 27.7. The minimum atomic E-state index is 0.240. The van der Waals surface area contributed by atoms with Gasteiger partial charge in [0.25, 0.3) is 0 Å². The lowest BCUT2D eigenvalue weighted by Crippen LogP contribution is -2.26. The molecule has 1 heterocycles. The molecule has 53 heavy (non-hydrogen) atoms. The van der Waals surface area contributed by atoms with Crippen molar-refractivity contribution in [2.24, 2.45) is 5.92 Å². The van der Waals surface area contributed by atoms with Crippen molar-refractivity contribution < 1.29 is 4.42 Å². The summed E-state index contributed by atoms with van der Waals surface area (Å²) in [6, 6.07) is 46.8. The third-order valence-corrected chi connectivity index (χ3v) is 9.88. The van der Waals surface area contributed by atoms with Gasteiger partial charge in [-0.2, -0.15) is 0 Å². The zero-order valence-electron chi connectivity index (χ0n) is 33.7.